The molecule has 0 aliphatic rings. The third kappa shape index (κ3) is 2.47. The molecule has 0 saturated carbocycles. The van der Waals surface area contributed by atoms with Crippen LogP contribution >= 0.6 is 0 Å². The van der Waals surface area contributed by atoms with Gasteiger partial charge in [0.15, 0.2) is 5.58 Å². The Kier molecular flexibility index (Phi) is 3.44. The molecule has 3 aromatic rings. The van der Waals surface area contributed by atoms with E-state index in [-0.39, 0.29) is 5.92 Å². The molecule has 0 bridgehead atoms. The lowest BCUT2D eigenvalue weighted by atomic mass is 9.79. The zero-order chi connectivity index (χ0) is 15.7. The van der Waals surface area contributed by atoms with E-state index in [0.29, 0.717) is 11.1 Å². The van der Waals surface area contributed by atoms with Gasteiger partial charge >= 0.3 is 0 Å². The summed E-state index contributed by atoms with van der Waals surface area (Å²) in [7, 11) is 0. The van der Waals surface area contributed by atoms with Gasteiger partial charge in [0.05, 0.1) is 23.5 Å². The van der Waals surface area contributed by atoms with Gasteiger partial charge in [-0.25, -0.2) is 0 Å². The average Bonchev–Trinajstić information content (AvgIpc) is 2.96. The molecule has 4 nitrogen and oxygen atoms in total. The molecule has 1 unspecified atom stereocenters. The quantitative estimate of drug-likeness (QED) is 0.800. The zero-order valence-corrected chi connectivity index (χ0v) is 12.4. The van der Waals surface area contributed by atoms with Crippen molar-refractivity contribution < 1.29 is 9.52 Å². The lowest BCUT2D eigenvalue weighted by Gasteiger charge is -2.30. The van der Waals surface area contributed by atoms with Gasteiger partial charge < -0.3 is 9.52 Å². The van der Waals surface area contributed by atoms with Crippen LogP contribution in [0.15, 0.2) is 53.3 Å². The molecule has 1 N–H and O–H groups in total. The number of aromatic nitrogens is 1. The molecule has 0 fully saturated rings. The van der Waals surface area contributed by atoms with Crippen molar-refractivity contribution in [1.82, 2.24) is 4.98 Å². The molecule has 4 heteroatoms. The Balaban J connectivity index is 2.19. The first-order valence-electron chi connectivity index (χ1n) is 7.05. The van der Waals surface area contributed by atoms with Crippen LogP contribution in [0.3, 0.4) is 0 Å². The monoisotopic (exact) mass is 292 g/mol. The Morgan fingerprint density at radius 3 is 2.55 bits per heavy atom. The Hall–Kier alpha value is -2.64. The van der Waals surface area contributed by atoms with Crippen LogP contribution < -0.4 is 0 Å². The van der Waals surface area contributed by atoms with E-state index in [9.17, 15) is 5.11 Å². The van der Waals surface area contributed by atoms with Crippen LogP contribution in [0.5, 0.6) is 0 Å². The highest BCUT2D eigenvalue weighted by Crippen LogP contribution is 2.38. The summed E-state index contributed by atoms with van der Waals surface area (Å²) in [6.07, 6.45) is 3.32. The molecule has 0 radical (unpaired) electrons. The van der Waals surface area contributed by atoms with Crippen molar-refractivity contribution in [3.05, 3.63) is 65.5 Å². The van der Waals surface area contributed by atoms with Gasteiger partial charge in [0.2, 0.25) is 0 Å². The topological polar surface area (TPSA) is 70.0 Å². The number of hydrogen-bond acceptors (Lipinski definition) is 4. The van der Waals surface area contributed by atoms with Gasteiger partial charge in [0.1, 0.15) is 5.52 Å². The van der Waals surface area contributed by atoms with Crippen LogP contribution in [0.4, 0.5) is 0 Å². The number of benzene rings is 1. The molecule has 1 atom stereocenters. The number of hydrogen-bond donors (Lipinski definition) is 1. The lowest BCUT2D eigenvalue weighted by Crippen LogP contribution is -2.30. The standard InChI is InChI=1S/C18H16N2O2/c1-18(2,21)16(13-5-3-12(11-19)4-6-13)14-7-9-20-15-8-10-22-17(14)15/h3-10,16,21H,1-2H3. The van der Waals surface area contributed by atoms with E-state index in [0.717, 1.165) is 16.6 Å². The Morgan fingerprint density at radius 2 is 1.91 bits per heavy atom. The molecular formula is C18H16N2O2. The van der Waals surface area contributed by atoms with Crippen molar-refractivity contribution in [2.24, 2.45) is 0 Å². The maximum absolute atomic E-state index is 10.7. The first-order valence-corrected chi connectivity index (χ1v) is 7.05. The highest BCUT2D eigenvalue weighted by atomic mass is 16.3. The number of pyridine rings is 1. The highest BCUT2D eigenvalue weighted by molar-refractivity contribution is 5.77. The van der Waals surface area contributed by atoms with Crippen LogP contribution in [0.1, 0.15) is 36.5 Å². The second-order valence-electron chi connectivity index (χ2n) is 5.86. The number of fused-ring (bicyclic) bond motifs is 1. The van der Waals surface area contributed by atoms with Crippen LogP contribution in [0.25, 0.3) is 11.1 Å². The van der Waals surface area contributed by atoms with Gasteiger partial charge in [-0.1, -0.05) is 12.1 Å². The first kappa shape index (κ1) is 14.3. The molecule has 2 aromatic heterocycles. The van der Waals surface area contributed by atoms with Gasteiger partial charge in [-0.2, -0.15) is 5.26 Å². The van der Waals surface area contributed by atoms with E-state index < -0.39 is 5.60 Å². The minimum atomic E-state index is -0.991. The fourth-order valence-corrected chi connectivity index (χ4v) is 2.84. The summed E-state index contributed by atoms with van der Waals surface area (Å²) in [5.41, 5.74) is 2.85. The van der Waals surface area contributed by atoms with Crippen molar-refractivity contribution in [2.75, 3.05) is 0 Å². The van der Waals surface area contributed by atoms with Crippen molar-refractivity contribution >= 4 is 11.1 Å². The molecule has 0 aliphatic heterocycles. The molecule has 0 saturated heterocycles. The fraction of sp³-hybridized carbons (Fsp3) is 0.222. The molecule has 22 heavy (non-hydrogen) atoms. The average molecular weight is 292 g/mol. The Labute approximate surface area is 128 Å². The molecule has 0 spiro atoms. The predicted molar refractivity (Wildman–Crippen MR) is 83.3 cm³/mol. The van der Waals surface area contributed by atoms with E-state index in [4.69, 9.17) is 9.68 Å². The summed E-state index contributed by atoms with van der Waals surface area (Å²) in [4.78, 5) is 4.27. The van der Waals surface area contributed by atoms with E-state index in [2.05, 4.69) is 11.1 Å². The van der Waals surface area contributed by atoms with E-state index in [1.54, 1.807) is 44.5 Å². The zero-order valence-electron chi connectivity index (χ0n) is 12.4. The number of nitriles is 1. The lowest BCUT2D eigenvalue weighted by molar-refractivity contribution is 0.0629. The summed E-state index contributed by atoms with van der Waals surface area (Å²) in [5.74, 6) is -0.281. The second kappa shape index (κ2) is 5.28. The molecule has 1 aromatic carbocycles. The Morgan fingerprint density at radius 1 is 1.18 bits per heavy atom. The summed E-state index contributed by atoms with van der Waals surface area (Å²) in [6, 6.07) is 13.0. The van der Waals surface area contributed by atoms with Crippen molar-refractivity contribution in [3.8, 4) is 6.07 Å². The van der Waals surface area contributed by atoms with Gasteiger partial charge in [-0.05, 0) is 37.6 Å². The van der Waals surface area contributed by atoms with Crippen molar-refractivity contribution in [1.29, 1.82) is 5.26 Å². The minimum absolute atomic E-state index is 0.281. The van der Waals surface area contributed by atoms with Gasteiger partial charge in [0.25, 0.3) is 0 Å². The smallest absolute Gasteiger partial charge is 0.156 e. The van der Waals surface area contributed by atoms with Gasteiger partial charge in [-0.3, -0.25) is 4.98 Å². The summed E-state index contributed by atoms with van der Waals surface area (Å²) < 4.78 is 5.57. The maximum Gasteiger partial charge on any atom is 0.156 e. The molecule has 0 aliphatic carbocycles. The fourth-order valence-electron chi connectivity index (χ4n) is 2.84. The van der Waals surface area contributed by atoms with Crippen LogP contribution in [0.2, 0.25) is 0 Å². The SMILES string of the molecule is CC(C)(O)C(c1ccc(C#N)cc1)c1ccnc2ccoc12. The molecule has 0 amide bonds. The predicted octanol–water partition coefficient (Wildman–Crippen LogP) is 3.60. The van der Waals surface area contributed by atoms with Gasteiger partial charge in [-0.15, -0.1) is 0 Å². The van der Waals surface area contributed by atoms with Crippen LogP contribution in [-0.4, -0.2) is 15.7 Å². The maximum atomic E-state index is 10.7. The number of rotatable bonds is 3. The number of furan rings is 1. The third-order valence-corrected chi connectivity index (χ3v) is 3.76. The van der Waals surface area contributed by atoms with Crippen molar-refractivity contribution in [2.45, 2.75) is 25.4 Å². The van der Waals surface area contributed by atoms with E-state index >= 15 is 0 Å². The van der Waals surface area contributed by atoms with Gasteiger partial charge in [0, 0.05) is 23.7 Å². The van der Waals surface area contributed by atoms with Crippen LogP contribution in [0, 0.1) is 11.3 Å². The molecular weight excluding hydrogens is 276 g/mol. The molecule has 2 heterocycles. The Bertz CT molecular complexity index is 836. The van der Waals surface area contributed by atoms with Crippen LogP contribution in [-0.2, 0) is 0 Å². The van der Waals surface area contributed by atoms with E-state index in [1.165, 1.54) is 0 Å². The second-order valence-corrected chi connectivity index (χ2v) is 5.86. The summed E-state index contributed by atoms with van der Waals surface area (Å²) in [6.45, 7) is 3.54. The first-order chi connectivity index (χ1) is 10.5. The molecule has 3 rings (SSSR count). The highest BCUT2D eigenvalue weighted by Gasteiger charge is 2.32. The van der Waals surface area contributed by atoms with E-state index in [1.807, 2.05) is 18.2 Å². The number of aliphatic hydroxyl groups is 1. The molecule has 110 valence electrons. The largest absolute Gasteiger partial charge is 0.462 e. The van der Waals surface area contributed by atoms with Crippen molar-refractivity contribution in [3.63, 3.8) is 0 Å². The normalized spacial score (nSPS) is 13.0. The third-order valence-electron chi connectivity index (χ3n) is 3.76. The summed E-state index contributed by atoms with van der Waals surface area (Å²) >= 11 is 0. The minimum Gasteiger partial charge on any atom is -0.462 e. The number of nitrogens with zero attached hydrogens (tertiary/aromatic N) is 2. The summed E-state index contributed by atoms with van der Waals surface area (Å²) in [5, 5.41) is 19.6.